The van der Waals surface area contributed by atoms with Crippen LogP contribution in [0.15, 0.2) is 42.5 Å². The summed E-state index contributed by atoms with van der Waals surface area (Å²) < 4.78 is 24.1. The molecule has 2 rings (SSSR count). The Bertz CT molecular complexity index is 627. The van der Waals surface area contributed by atoms with Crippen LogP contribution in [0.1, 0.15) is 24.5 Å². The number of aliphatic hydroxyl groups is 1. The van der Waals surface area contributed by atoms with E-state index < -0.39 is 5.60 Å². The van der Waals surface area contributed by atoms with Gasteiger partial charge in [0, 0.05) is 5.56 Å². The average molecular weight is 290 g/mol. The molecule has 0 radical (unpaired) electrons. The van der Waals surface area contributed by atoms with Crippen molar-refractivity contribution in [2.75, 3.05) is 14.2 Å². The largest absolute Gasteiger partial charge is 0.497 e. The lowest BCUT2D eigenvalue weighted by molar-refractivity contribution is 0.0730. The summed E-state index contributed by atoms with van der Waals surface area (Å²) in [4.78, 5) is 0. The van der Waals surface area contributed by atoms with Crippen LogP contribution in [0.3, 0.4) is 0 Å². The van der Waals surface area contributed by atoms with Crippen molar-refractivity contribution in [3.63, 3.8) is 0 Å². The van der Waals surface area contributed by atoms with Crippen LogP contribution in [0.25, 0.3) is 0 Å². The molecule has 0 heterocycles. The molecule has 0 aliphatic carbocycles. The van der Waals surface area contributed by atoms with Crippen LogP contribution in [0.5, 0.6) is 11.5 Å². The minimum Gasteiger partial charge on any atom is -0.497 e. The molecule has 0 aliphatic heterocycles. The maximum absolute atomic E-state index is 13.5. The molecule has 0 aliphatic rings. The van der Waals surface area contributed by atoms with Crippen molar-refractivity contribution < 1.29 is 19.0 Å². The number of hydrogen-bond donors (Lipinski definition) is 1. The summed E-state index contributed by atoms with van der Waals surface area (Å²) in [6.45, 7) is 1.84. The summed E-state index contributed by atoms with van der Waals surface area (Å²) in [5, 5.41) is 11.1. The molecule has 1 unspecified atom stereocenters. The summed E-state index contributed by atoms with van der Waals surface area (Å²) in [6.07, 6.45) is 0.375. The van der Waals surface area contributed by atoms with Gasteiger partial charge in [0.1, 0.15) is 22.9 Å². The first-order valence-corrected chi connectivity index (χ1v) is 6.76. The van der Waals surface area contributed by atoms with Gasteiger partial charge >= 0.3 is 0 Å². The zero-order chi connectivity index (χ0) is 15.5. The second-order valence-corrected chi connectivity index (χ2v) is 4.79. The van der Waals surface area contributed by atoms with Crippen LogP contribution in [0.4, 0.5) is 4.39 Å². The minimum absolute atomic E-state index is 0.375. The van der Waals surface area contributed by atoms with Crippen LogP contribution >= 0.6 is 0 Å². The summed E-state index contributed by atoms with van der Waals surface area (Å²) in [5.41, 5.74) is -0.309. The van der Waals surface area contributed by atoms with E-state index in [4.69, 9.17) is 9.47 Å². The van der Waals surface area contributed by atoms with Crippen LogP contribution in [0, 0.1) is 5.82 Å². The molecule has 1 N–H and O–H groups in total. The zero-order valence-corrected chi connectivity index (χ0v) is 12.4. The maximum atomic E-state index is 13.5. The number of ether oxygens (including phenoxy) is 2. The van der Waals surface area contributed by atoms with Crippen LogP contribution in [0.2, 0.25) is 0 Å². The van der Waals surface area contributed by atoms with Gasteiger partial charge < -0.3 is 14.6 Å². The van der Waals surface area contributed by atoms with Gasteiger partial charge in [0.05, 0.1) is 14.2 Å². The molecule has 1 atom stereocenters. The van der Waals surface area contributed by atoms with Crippen molar-refractivity contribution in [3.8, 4) is 11.5 Å². The van der Waals surface area contributed by atoms with E-state index >= 15 is 0 Å². The summed E-state index contributed by atoms with van der Waals surface area (Å²) in [5.74, 6) is 0.750. The first-order valence-electron chi connectivity index (χ1n) is 6.76. The van der Waals surface area contributed by atoms with Gasteiger partial charge in [-0.15, -0.1) is 0 Å². The third-order valence-electron chi connectivity index (χ3n) is 3.67. The Balaban J connectivity index is 2.64. The molecule has 4 heteroatoms. The third-order valence-corrected chi connectivity index (χ3v) is 3.67. The fraction of sp³-hybridized carbons (Fsp3) is 0.294. The molecule has 112 valence electrons. The lowest BCUT2D eigenvalue weighted by Crippen LogP contribution is -2.27. The normalized spacial score (nSPS) is 13.6. The molecular weight excluding hydrogens is 271 g/mol. The van der Waals surface area contributed by atoms with Crippen molar-refractivity contribution >= 4 is 0 Å². The van der Waals surface area contributed by atoms with Crippen LogP contribution in [-0.4, -0.2) is 19.3 Å². The molecule has 0 bridgehead atoms. The highest BCUT2D eigenvalue weighted by atomic mass is 19.1. The van der Waals surface area contributed by atoms with Gasteiger partial charge in [-0.3, -0.25) is 0 Å². The lowest BCUT2D eigenvalue weighted by atomic mass is 9.83. The first-order chi connectivity index (χ1) is 10.0. The van der Waals surface area contributed by atoms with Gasteiger partial charge in [-0.2, -0.15) is 0 Å². The predicted octanol–water partition coefficient (Wildman–Crippen LogP) is 3.49. The monoisotopic (exact) mass is 290 g/mol. The van der Waals surface area contributed by atoms with E-state index in [2.05, 4.69) is 0 Å². The summed E-state index contributed by atoms with van der Waals surface area (Å²) >= 11 is 0. The Morgan fingerprint density at radius 2 is 1.86 bits per heavy atom. The lowest BCUT2D eigenvalue weighted by Gasteiger charge is -2.30. The molecule has 0 fully saturated rings. The highest BCUT2D eigenvalue weighted by Crippen LogP contribution is 2.40. The van der Waals surface area contributed by atoms with Gasteiger partial charge in [0.15, 0.2) is 0 Å². The highest BCUT2D eigenvalue weighted by Gasteiger charge is 2.33. The van der Waals surface area contributed by atoms with E-state index in [9.17, 15) is 9.50 Å². The second kappa shape index (κ2) is 6.14. The molecule has 2 aromatic carbocycles. The van der Waals surface area contributed by atoms with Gasteiger partial charge in [-0.25, -0.2) is 4.39 Å². The molecule has 0 spiro atoms. The van der Waals surface area contributed by atoms with E-state index in [1.807, 2.05) is 6.92 Å². The molecule has 0 aromatic heterocycles. The number of hydrogen-bond acceptors (Lipinski definition) is 3. The zero-order valence-electron chi connectivity index (χ0n) is 12.4. The van der Waals surface area contributed by atoms with Crippen LogP contribution in [-0.2, 0) is 5.60 Å². The Morgan fingerprint density at radius 3 is 2.43 bits per heavy atom. The van der Waals surface area contributed by atoms with Crippen LogP contribution < -0.4 is 9.47 Å². The molecule has 0 amide bonds. The minimum atomic E-state index is -1.35. The molecular formula is C17H19FO3. The van der Waals surface area contributed by atoms with Gasteiger partial charge in [-0.05, 0) is 42.3 Å². The first kappa shape index (κ1) is 15.3. The number of rotatable bonds is 5. The standard InChI is InChI=1S/C17H19FO3/c1-4-17(19,12-6-5-7-13(18)10-12)15-11-14(20-2)8-9-16(15)21-3/h5-11,19H,4H2,1-3H3. The Morgan fingerprint density at radius 1 is 1.10 bits per heavy atom. The van der Waals surface area contributed by atoms with Gasteiger partial charge in [-0.1, -0.05) is 19.1 Å². The highest BCUT2D eigenvalue weighted by molar-refractivity contribution is 5.48. The van der Waals surface area contributed by atoms with Crippen molar-refractivity contribution in [3.05, 3.63) is 59.4 Å². The Kier molecular flexibility index (Phi) is 4.48. The fourth-order valence-electron chi connectivity index (χ4n) is 2.43. The van der Waals surface area contributed by atoms with E-state index in [0.717, 1.165) is 0 Å². The molecule has 3 nitrogen and oxygen atoms in total. The van der Waals surface area contributed by atoms with Crippen molar-refractivity contribution in [1.29, 1.82) is 0 Å². The third kappa shape index (κ3) is 2.85. The molecule has 0 saturated heterocycles. The summed E-state index contributed by atoms with van der Waals surface area (Å²) in [6, 6.07) is 11.2. The molecule has 21 heavy (non-hydrogen) atoms. The smallest absolute Gasteiger partial charge is 0.125 e. The molecule has 2 aromatic rings. The fourth-order valence-corrected chi connectivity index (χ4v) is 2.43. The number of benzene rings is 2. The quantitative estimate of drug-likeness (QED) is 0.916. The number of halogens is 1. The maximum Gasteiger partial charge on any atom is 0.125 e. The second-order valence-electron chi connectivity index (χ2n) is 4.79. The van der Waals surface area contributed by atoms with E-state index in [1.54, 1.807) is 37.4 Å². The SMILES string of the molecule is CCC(O)(c1cccc(F)c1)c1cc(OC)ccc1OC. The van der Waals surface area contributed by atoms with Crippen molar-refractivity contribution in [1.82, 2.24) is 0 Å². The Labute approximate surface area is 124 Å². The topological polar surface area (TPSA) is 38.7 Å². The van der Waals surface area contributed by atoms with E-state index in [0.29, 0.717) is 29.0 Å². The van der Waals surface area contributed by atoms with E-state index in [1.165, 1.54) is 19.2 Å². The van der Waals surface area contributed by atoms with Gasteiger partial charge in [0.25, 0.3) is 0 Å². The molecule has 0 saturated carbocycles. The van der Waals surface area contributed by atoms with Crippen molar-refractivity contribution in [2.45, 2.75) is 18.9 Å². The Hall–Kier alpha value is -2.07. The average Bonchev–Trinajstić information content (AvgIpc) is 2.53. The number of methoxy groups -OCH3 is 2. The summed E-state index contributed by atoms with van der Waals surface area (Å²) in [7, 11) is 3.09. The van der Waals surface area contributed by atoms with E-state index in [-0.39, 0.29) is 5.82 Å². The van der Waals surface area contributed by atoms with Gasteiger partial charge in [0.2, 0.25) is 0 Å². The predicted molar refractivity (Wildman–Crippen MR) is 79.2 cm³/mol. The van der Waals surface area contributed by atoms with Crippen molar-refractivity contribution in [2.24, 2.45) is 0 Å².